The minimum Gasteiger partial charge on any atom is -0.393 e. The Morgan fingerprint density at radius 1 is 1.40 bits per heavy atom. The fourth-order valence-electron chi connectivity index (χ4n) is 1.42. The van der Waals surface area contributed by atoms with Crippen LogP contribution in [-0.2, 0) is 0 Å². The van der Waals surface area contributed by atoms with Crippen LogP contribution in [-0.4, -0.2) is 21.8 Å². The monoisotopic (exact) mass is 207 g/mol. The van der Waals surface area contributed by atoms with Gasteiger partial charge < -0.3 is 10.2 Å². The van der Waals surface area contributed by atoms with Crippen molar-refractivity contribution in [2.24, 2.45) is 0 Å². The molecule has 0 aliphatic heterocycles. The zero-order valence-corrected chi connectivity index (χ0v) is 7.89. The molecule has 0 radical (unpaired) electrons. The zero-order chi connectivity index (χ0) is 10.8. The largest absolute Gasteiger partial charge is 0.393 e. The van der Waals surface area contributed by atoms with Crippen LogP contribution in [0.15, 0.2) is 30.5 Å². The third kappa shape index (κ3) is 1.82. The van der Waals surface area contributed by atoms with E-state index < -0.39 is 12.7 Å². The lowest BCUT2D eigenvalue weighted by Crippen LogP contribution is -2.04. The van der Waals surface area contributed by atoms with Gasteiger partial charge in [0.2, 0.25) is 0 Å². The van der Waals surface area contributed by atoms with Gasteiger partial charge in [-0.1, -0.05) is 12.1 Å². The summed E-state index contributed by atoms with van der Waals surface area (Å²) in [5.41, 5.74) is 0.273. The number of fused-ring (bicyclic) bond motifs is 1. The Balaban J connectivity index is 2.59. The molecule has 0 aliphatic rings. The predicted octanol–water partition coefficient (Wildman–Crippen LogP) is 1.40. The fraction of sp³-hybridized carbons (Fsp3) is 0.182. The maximum absolute atomic E-state index is 13.4. The molecule has 0 amide bonds. The molecule has 78 valence electrons. The lowest BCUT2D eigenvalue weighted by Gasteiger charge is -2.07. The molecule has 2 aromatic rings. The maximum Gasteiger partial charge on any atom is 0.131 e. The number of pyridine rings is 1. The van der Waals surface area contributed by atoms with Gasteiger partial charge in [-0.3, -0.25) is 4.98 Å². The summed E-state index contributed by atoms with van der Waals surface area (Å²) in [6, 6.07) is 6.13. The smallest absolute Gasteiger partial charge is 0.131 e. The predicted molar refractivity (Wildman–Crippen MR) is 53.7 cm³/mol. The van der Waals surface area contributed by atoms with Crippen molar-refractivity contribution in [3.63, 3.8) is 0 Å². The molecule has 1 heterocycles. The van der Waals surface area contributed by atoms with Crippen LogP contribution in [0.1, 0.15) is 11.8 Å². The third-order valence-corrected chi connectivity index (χ3v) is 2.25. The van der Waals surface area contributed by atoms with E-state index in [1.54, 1.807) is 12.1 Å². The van der Waals surface area contributed by atoms with Crippen LogP contribution < -0.4 is 0 Å². The SMILES string of the molecule is OCC(O)c1cc2c(F)cccc2cn1. The minimum atomic E-state index is -1.06. The lowest BCUT2D eigenvalue weighted by atomic mass is 10.1. The van der Waals surface area contributed by atoms with Crippen LogP contribution in [0.2, 0.25) is 0 Å². The first-order valence-corrected chi connectivity index (χ1v) is 4.55. The molecule has 2 N–H and O–H groups in total. The standard InChI is InChI=1S/C11H10FNO2/c12-9-3-1-2-7-5-13-10(4-8(7)9)11(15)6-14/h1-5,11,14-15H,6H2. The Kier molecular flexibility index (Phi) is 2.62. The number of aliphatic hydroxyl groups is 2. The van der Waals surface area contributed by atoms with E-state index in [0.29, 0.717) is 10.8 Å². The van der Waals surface area contributed by atoms with Gasteiger partial charge in [-0.25, -0.2) is 4.39 Å². The summed E-state index contributed by atoms with van der Waals surface area (Å²) < 4.78 is 13.4. The van der Waals surface area contributed by atoms with Crippen LogP contribution in [0.4, 0.5) is 4.39 Å². The van der Waals surface area contributed by atoms with Crippen molar-refractivity contribution in [3.05, 3.63) is 42.0 Å². The molecule has 0 spiro atoms. The van der Waals surface area contributed by atoms with Crippen LogP contribution in [0.5, 0.6) is 0 Å². The molecule has 4 heteroatoms. The van der Waals surface area contributed by atoms with Crippen LogP contribution in [0.25, 0.3) is 10.8 Å². The Labute approximate surface area is 85.8 Å². The highest BCUT2D eigenvalue weighted by Crippen LogP contribution is 2.20. The van der Waals surface area contributed by atoms with E-state index >= 15 is 0 Å². The van der Waals surface area contributed by atoms with Crippen molar-refractivity contribution in [1.82, 2.24) is 4.98 Å². The molecule has 0 saturated carbocycles. The van der Waals surface area contributed by atoms with Gasteiger partial charge in [0.15, 0.2) is 0 Å². The number of rotatable bonds is 2. The van der Waals surface area contributed by atoms with Crippen LogP contribution in [0, 0.1) is 5.82 Å². The number of hydrogen-bond donors (Lipinski definition) is 2. The molecule has 0 saturated heterocycles. The molecule has 0 aliphatic carbocycles. The summed E-state index contributed by atoms with van der Waals surface area (Å²) in [7, 11) is 0. The quantitative estimate of drug-likeness (QED) is 0.782. The van der Waals surface area contributed by atoms with Gasteiger partial charge >= 0.3 is 0 Å². The molecule has 0 bridgehead atoms. The van der Waals surface area contributed by atoms with Gasteiger partial charge in [0.25, 0.3) is 0 Å². The minimum absolute atomic E-state index is 0.273. The summed E-state index contributed by atoms with van der Waals surface area (Å²) in [6.07, 6.45) is 0.418. The van der Waals surface area contributed by atoms with E-state index in [4.69, 9.17) is 5.11 Å². The van der Waals surface area contributed by atoms with Crippen molar-refractivity contribution in [3.8, 4) is 0 Å². The summed E-state index contributed by atoms with van der Waals surface area (Å²) in [5, 5.41) is 19.2. The van der Waals surface area contributed by atoms with Gasteiger partial charge in [0.1, 0.15) is 11.9 Å². The number of benzene rings is 1. The average Bonchev–Trinajstić information content (AvgIpc) is 2.28. The normalized spacial score (nSPS) is 13.0. The van der Waals surface area contributed by atoms with E-state index in [1.165, 1.54) is 18.3 Å². The van der Waals surface area contributed by atoms with E-state index in [2.05, 4.69) is 4.98 Å². The number of aromatic nitrogens is 1. The van der Waals surface area contributed by atoms with E-state index in [9.17, 15) is 9.50 Å². The highest BCUT2D eigenvalue weighted by molar-refractivity contribution is 5.82. The van der Waals surface area contributed by atoms with Crippen molar-refractivity contribution < 1.29 is 14.6 Å². The first-order valence-electron chi connectivity index (χ1n) is 4.55. The number of nitrogens with zero attached hydrogens (tertiary/aromatic N) is 1. The number of aliphatic hydroxyl groups excluding tert-OH is 2. The zero-order valence-electron chi connectivity index (χ0n) is 7.89. The van der Waals surface area contributed by atoms with Crippen LogP contribution >= 0.6 is 0 Å². The summed E-state index contributed by atoms with van der Waals surface area (Å²) in [4.78, 5) is 3.94. The van der Waals surface area contributed by atoms with E-state index in [0.717, 1.165) is 0 Å². The van der Waals surface area contributed by atoms with E-state index in [1.807, 2.05) is 0 Å². The molecule has 0 fully saturated rings. The second kappa shape index (κ2) is 3.92. The molecule has 1 aromatic carbocycles. The van der Waals surface area contributed by atoms with Gasteiger partial charge in [0.05, 0.1) is 12.3 Å². The van der Waals surface area contributed by atoms with Crippen molar-refractivity contribution in [1.29, 1.82) is 0 Å². The Hall–Kier alpha value is -1.52. The molecule has 2 rings (SSSR count). The van der Waals surface area contributed by atoms with E-state index in [-0.39, 0.29) is 11.5 Å². The first kappa shape index (κ1) is 10.0. The number of hydrogen-bond acceptors (Lipinski definition) is 3. The summed E-state index contributed by atoms with van der Waals surface area (Å²) >= 11 is 0. The lowest BCUT2D eigenvalue weighted by molar-refractivity contribution is 0.0924. The van der Waals surface area contributed by atoms with Crippen molar-refractivity contribution in [2.75, 3.05) is 6.61 Å². The molecular weight excluding hydrogens is 197 g/mol. The molecule has 3 nitrogen and oxygen atoms in total. The first-order chi connectivity index (χ1) is 7.22. The van der Waals surface area contributed by atoms with Gasteiger partial charge in [0, 0.05) is 17.0 Å². The second-order valence-electron chi connectivity index (χ2n) is 3.27. The fourth-order valence-corrected chi connectivity index (χ4v) is 1.42. The molecular formula is C11H10FNO2. The average molecular weight is 207 g/mol. The molecule has 15 heavy (non-hydrogen) atoms. The third-order valence-electron chi connectivity index (χ3n) is 2.25. The highest BCUT2D eigenvalue weighted by Gasteiger charge is 2.09. The van der Waals surface area contributed by atoms with Crippen molar-refractivity contribution >= 4 is 10.8 Å². The summed E-state index contributed by atoms with van der Waals surface area (Å²) in [6.45, 7) is -0.424. The van der Waals surface area contributed by atoms with Gasteiger partial charge in [-0.05, 0) is 12.1 Å². The Morgan fingerprint density at radius 2 is 2.20 bits per heavy atom. The molecule has 1 aromatic heterocycles. The Morgan fingerprint density at radius 3 is 2.93 bits per heavy atom. The number of halogens is 1. The van der Waals surface area contributed by atoms with Gasteiger partial charge in [-0.15, -0.1) is 0 Å². The molecule has 1 unspecified atom stereocenters. The van der Waals surface area contributed by atoms with Gasteiger partial charge in [-0.2, -0.15) is 0 Å². The van der Waals surface area contributed by atoms with Crippen LogP contribution in [0.3, 0.4) is 0 Å². The molecule has 1 atom stereocenters. The topological polar surface area (TPSA) is 53.4 Å². The Bertz CT molecular complexity index is 487. The van der Waals surface area contributed by atoms with Crippen molar-refractivity contribution in [2.45, 2.75) is 6.10 Å². The maximum atomic E-state index is 13.4. The highest BCUT2D eigenvalue weighted by atomic mass is 19.1. The second-order valence-corrected chi connectivity index (χ2v) is 3.27. The summed E-state index contributed by atoms with van der Waals surface area (Å²) in [5.74, 6) is -0.360.